The van der Waals surface area contributed by atoms with Crippen molar-refractivity contribution in [3.05, 3.63) is 48.3 Å². The van der Waals surface area contributed by atoms with Crippen LogP contribution in [0.25, 0.3) is 0 Å². The van der Waals surface area contributed by atoms with Crippen LogP contribution in [-0.4, -0.2) is 51.9 Å². The molecule has 0 saturated carbocycles. The molecule has 2 N–H and O–H groups in total. The standard InChI is InChI=1S/C17H19FN4O3/c1-11(23)21-16(6-13-7-19-10-20-13)17(24)22-8-15(9-22)25-14-4-2-12(18)3-5-14/h2-5,7,10,15-16H,6,8-9H2,1H3,(H,19,20)(H,21,23)/t16-/m0/s1. The first-order valence-electron chi connectivity index (χ1n) is 7.96. The van der Waals surface area contributed by atoms with E-state index < -0.39 is 6.04 Å². The number of rotatable bonds is 6. The van der Waals surface area contributed by atoms with Gasteiger partial charge in [-0.1, -0.05) is 0 Å². The van der Waals surface area contributed by atoms with Crippen LogP contribution in [0.3, 0.4) is 0 Å². The average Bonchev–Trinajstić information content (AvgIpc) is 3.03. The van der Waals surface area contributed by atoms with Crippen molar-refractivity contribution in [3.8, 4) is 5.75 Å². The third-order valence-corrected chi connectivity index (χ3v) is 3.93. The Labute approximate surface area is 144 Å². The van der Waals surface area contributed by atoms with Gasteiger partial charge in [0.1, 0.15) is 23.7 Å². The number of imidazole rings is 1. The normalized spacial score (nSPS) is 15.4. The van der Waals surface area contributed by atoms with E-state index in [0.717, 1.165) is 5.69 Å². The van der Waals surface area contributed by atoms with Crippen LogP contribution in [0.4, 0.5) is 4.39 Å². The molecule has 0 spiro atoms. The molecule has 1 aliphatic heterocycles. The summed E-state index contributed by atoms with van der Waals surface area (Å²) in [6, 6.07) is 5.11. The van der Waals surface area contributed by atoms with E-state index >= 15 is 0 Å². The lowest BCUT2D eigenvalue weighted by atomic mass is 10.1. The number of amides is 2. The summed E-state index contributed by atoms with van der Waals surface area (Å²) < 4.78 is 18.6. The zero-order valence-electron chi connectivity index (χ0n) is 13.7. The van der Waals surface area contributed by atoms with Crippen molar-refractivity contribution in [3.63, 3.8) is 0 Å². The number of hydrogen-bond acceptors (Lipinski definition) is 4. The summed E-state index contributed by atoms with van der Waals surface area (Å²) in [5.74, 6) is -0.189. The van der Waals surface area contributed by atoms with Crippen LogP contribution in [0.1, 0.15) is 12.6 Å². The average molecular weight is 346 g/mol. The first kappa shape index (κ1) is 16.9. The lowest BCUT2D eigenvalue weighted by Crippen LogP contribution is -2.61. The number of nitrogens with one attached hydrogen (secondary N) is 2. The second-order valence-corrected chi connectivity index (χ2v) is 5.97. The first-order chi connectivity index (χ1) is 12.0. The van der Waals surface area contributed by atoms with Crippen molar-refractivity contribution in [2.24, 2.45) is 0 Å². The van der Waals surface area contributed by atoms with Gasteiger partial charge in [0.15, 0.2) is 0 Å². The Bertz CT molecular complexity index is 727. The summed E-state index contributed by atoms with van der Waals surface area (Å²) in [7, 11) is 0. The van der Waals surface area contributed by atoms with Crippen LogP contribution in [0, 0.1) is 5.82 Å². The van der Waals surface area contributed by atoms with Gasteiger partial charge in [-0.25, -0.2) is 9.37 Å². The highest BCUT2D eigenvalue weighted by molar-refractivity contribution is 5.87. The van der Waals surface area contributed by atoms with Gasteiger partial charge in [0.05, 0.1) is 19.4 Å². The Morgan fingerprint density at radius 1 is 1.40 bits per heavy atom. The van der Waals surface area contributed by atoms with E-state index in [1.807, 2.05) is 0 Å². The molecule has 1 aromatic carbocycles. The summed E-state index contributed by atoms with van der Waals surface area (Å²) in [6.45, 7) is 2.23. The highest BCUT2D eigenvalue weighted by Crippen LogP contribution is 2.19. The molecule has 2 aromatic rings. The minimum absolute atomic E-state index is 0.139. The molecule has 0 unspecified atom stereocenters. The number of hydrogen-bond donors (Lipinski definition) is 2. The largest absolute Gasteiger partial charge is 0.487 e. The fourth-order valence-corrected chi connectivity index (χ4v) is 2.68. The Morgan fingerprint density at radius 3 is 2.72 bits per heavy atom. The van der Waals surface area contributed by atoms with Gasteiger partial charge in [-0.15, -0.1) is 0 Å². The second-order valence-electron chi connectivity index (χ2n) is 5.97. The summed E-state index contributed by atoms with van der Waals surface area (Å²) in [6.07, 6.45) is 3.36. The van der Waals surface area contributed by atoms with E-state index in [1.165, 1.54) is 25.4 Å². The summed E-state index contributed by atoms with van der Waals surface area (Å²) >= 11 is 0. The topological polar surface area (TPSA) is 87.3 Å². The van der Waals surface area contributed by atoms with E-state index in [0.29, 0.717) is 25.3 Å². The maximum absolute atomic E-state index is 12.9. The van der Waals surface area contributed by atoms with Crippen molar-refractivity contribution in [2.45, 2.75) is 25.5 Å². The molecule has 3 rings (SSSR count). The zero-order valence-corrected chi connectivity index (χ0v) is 13.7. The molecule has 1 saturated heterocycles. The Balaban J connectivity index is 1.54. The third kappa shape index (κ3) is 4.34. The van der Waals surface area contributed by atoms with E-state index in [9.17, 15) is 14.0 Å². The molecular formula is C17H19FN4O3. The summed E-state index contributed by atoms with van der Waals surface area (Å²) in [5, 5.41) is 2.68. The van der Waals surface area contributed by atoms with Gasteiger partial charge in [0.25, 0.3) is 0 Å². The number of aromatic nitrogens is 2. The molecule has 0 bridgehead atoms. The Kier molecular flexibility index (Phi) is 4.97. The van der Waals surface area contributed by atoms with E-state index in [2.05, 4.69) is 15.3 Å². The Hall–Kier alpha value is -2.90. The molecule has 0 radical (unpaired) electrons. The fraction of sp³-hybridized carbons (Fsp3) is 0.353. The lowest BCUT2D eigenvalue weighted by molar-refractivity contribution is -0.144. The number of nitrogens with zero attached hydrogens (tertiary/aromatic N) is 2. The molecule has 0 aliphatic carbocycles. The summed E-state index contributed by atoms with van der Waals surface area (Å²) in [4.78, 5) is 32.5. The van der Waals surface area contributed by atoms with Gasteiger partial charge in [-0.3, -0.25) is 9.59 Å². The van der Waals surface area contributed by atoms with Gasteiger partial charge in [0.2, 0.25) is 11.8 Å². The van der Waals surface area contributed by atoms with Crippen LogP contribution in [-0.2, 0) is 16.0 Å². The maximum atomic E-state index is 12.9. The van der Waals surface area contributed by atoms with E-state index in [1.54, 1.807) is 23.2 Å². The quantitative estimate of drug-likeness (QED) is 0.813. The molecule has 1 aliphatic rings. The predicted octanol–water partition coefficient (Wildman–Crippen LogP) is 0.886. The second kappa shape index (κ2) is 7.33. The molecule has 1 aromatic heterocycles. The van der Waals surface area contributed by atoms with Crippen molar-refractivity contribution < 1.29 is 18.7 Å². The maximum Gasteiger partial charge on any atom is 0.245 e. The van der Waals surface area contributed by atoms with Crippen molar-refractivity contribution in [1.29, 1.82) is 0 Å². The number of likely N-dealkylation sites (tertiary alicyclic amines) is 1. The number of carbonyl (C=O) groups excluding carboxylic acids is 2. The van der Waals surface area contributed by atoms with Gasteiger partial charge in [-0.2, -0.15) is 0 Å². The van der Waals surface area contributed by atoms with Crippen molar-refractivity contribution in [2.75, 3.05) is 13.1 Å². The van der Waals surface area contributed by atoms with Crippen LogP contribution < -0.4 is 10.1 Å². The molecule has 25 heavy (non-hydrogen) atoms. The number of H-pyrrole nitrogens is 1. The van der Waals surface area contributed by atoms with Crippen LogP contribution >= 0.6 is 0 Å². The number of carbonyl (C=O) groups is 2. The molecule has 8 heteroatoms. The smallest absolute Gasteiger partial charge is 0.245 e. The zero-order chi connectivity index (χ0) is 17.8. The summed E-state index contributed by atoms with van der Waals surface area (Å²) in [5.41, 5.74) is 0.770. The molecule has 2 heterocycles. The van der Waals surface area contributed by atoms with Gasteiger partial charge in [0, 0.05) is 25.2 Å². The molecular weight excluding hydrogens is 327 g/mol. The first-order valence-corrected chi connectivity index (χ1v) is 7.96. The molecule has 1 atom stereocenters. The number of benzene rings is 1. The molecule has 7 nitrogen and oxygen atoms in total. The van der Waals surface area contributed by atoms with Gasteiger partial charge >= 0.3 is 0 Å². The lowest BCUT2D eigenvalue weighted by Gasteiger charge is -2.40. The fourth-order valence-electron chi connectivity index (χ4n) is 2.68. The van der Waals surface area contributed by atoms with Gasteiger partial charge < -0.3 is 19.9 Å². The molecule has 1 fully saturated rings. The van der Waals surface area contributed by atoms with E-state index in [-0.39, 0.29) is 23.7 Å². The minimum atomic E-state index is -0.648. The highest BCUT2D eigenvalue weighted by Gasteiger charge is 2.36. The van der Waals surface area contributed by atoms with Crippen molar-refractivity contribution >= 4 is 11.8 Å². The van der Waals surface area contributed by atoms with Crippen LogP contribution in [0.5, 0.6) is 5.75 Å². The number of aromatic amines is 1. The Morgan fingerprint density at radius 2 is 2.12 bits per heavy atom. The SMILES string of the molecule is CC(=O)N[C@@H](Cc1cnc[nH]1)C(=O)N1CC(Oc2ccc(F)cc2)C1. The van der Waals surface area contributed by atoms with Crippen molar-refractivity contribution in [1.82, 2.24) is 20.2 Å². The molecule has 2 amide bonds. The third-order valence-electron chi connectivity index (χ3n) is 3.93. The number of ether oxygens (including phenoxy) is 1. The monoisotopic (exact) mass is 346 g/mol. The van der Waals surface area contributed by atoms with Crippen LogP contribution in [0.2, 0.25) is 0 Å². The minimum Gasteiger partial charge on any atom is -0.487 e. The van der Waals surface area contributed by atoms with E-state index in [4.69, 9.17) is 4.74 Å². The predicted molar refractivity (Wildman–Crippen MR) is 87.3 cm³/mol. The molecule has 132 valence electrons. The number of halogens is 1. The highest BCUT2D eigenvalue weighted by atomic mass is 19.1. The van der Waals surface area contributed by atoms with Gasteiger partial charge in [-0.05, 0) is 24.3 Å². The van der Waals surface area contributed by atoms with Crippen LogP contribution in [0.15, 0.2) is 36.8 Å².